The summed E-state index contributed by atoms with van der Waals surface area (Å²) < 4.78 is 27.3. The third-order valence-corrected chi connectivity index (χ3v) is 4.58. The molecule has 0 N–H and O–H groups in total. The average Bonchev–Trinajstić information content (AvgIpc) is 2.71. The van der Waals surface area contributed by atoms with E-state index in [1.165, 1.54) is 14.2 Å². The molecular weight excluding hydrogens is 388 g/mol. The van der Waals surface area contributed by atoms with Gasteiger partial charge in [0.05, 0.1) is 26.2 Å². The number of hydrogen-bond donors (Lipinski definition) is 0. The Kier molecular flexibility index (Phi) is 6.30. The molecule has 0 aliphatic carbocycles. The van der Waals surface area contributed by atoms with Crippen LogP contribution in [0, 0.1) is 13.8 Å². The molecule has 1 aromatic heterocycles. The summed E-state index contributed by atoms with van der Waals surface area (Å²) in [4.78, 5) is 25.1. The van der Waals surface area contributed by atoms with E-state index in [0.717, 1.165) is 11.1 Å². The van der Waals surface area contributed by atoms with Crippen LogP contribution >= 0.6 is 0 Å². The van der Waals surface area contributed by atoms with Crippen molar-refractivity contribution in [2.45, 2.75) is 20.8 Å². The number of fused-ring (bicyclic) bond motifs is 1. The van der Waals surface area contributed by atoms with Crippen molar-refractivity contribution >= 4 is 16.9 Å². The van der Waals surface area contributed by atoms with E-state index in [4.69, 9.17) is 23.4 Å². The number of hydrogen-bond acceptors (Lipinski definition) is 7. The zero-order valence-corrected chi connectivity index (χ0v) is 17.7. The number of aryl methyl sites for hydroxylation is 2. The molecule has 30 heavy (non-hydrogen) atoms. The van der Waals surface area contributed by atoms with Gasteiger partial charge in [-0.1, -0.05) is 6.07 Å². The minimum atomic E-state index is -0.573. The zero-order valence-electron chi connectivity index (χ0n) is 17.7. The summed E-state index contributed by atoms with van der Waals surface area (Å²) in [6.07, 6.45) is 0. The molecule has 0 saturated heterocycles. The zero-order chi connectivity index (χ0) is 21.8. The number of methoxy groups -OCH3 is 2. The lowest BCUT2D eigenvalue weighted by atomic mass is 10.0. The minimum absolute atomic E-state index is 0.0604. The van der Waals surface area contributed by atoms with Crippen LogP contribution in [0.2, 0.25) is 0 Å². The van der Waals surface area contributed by atoms with Crippen LogP contribution in [-0.2, 0) is 9.53 Å². The summed E-state index contributed by atoms with van der Waals surface area (Å²) in [6.45, 7) is 5.26. The molecule has 0 bridgehead atoms. The third kappa shape index (κ3) is 4.10. The van der Waals surface area contributed by atoms with E-state index in [0.29, 0.717) is 28.0 Å². The highest BCUT2D eigenvalue weighted by Crippen LogP contribution is 2.37. The average molecular weight is 412 g/mol. The first kappa shape index (κ1) is 21.2. The van der Waals surface area contributed by atoms with Crippen molar-refractivity contribution in [3.8, 4) is 28.6 Å². The van der Waals surface area contributed by atoms with Gasteiger partial charge in [-0.3, -0.25) is 4.79 Å². The maximum absolute atomic E-state index is 13.3. The fraction of sp³-hybridized carbons (Fsp3) is 0.304. The molecule has 3 aromatic rings. The highest BCUT2D eigenvalue weighted by Gasteiger charge is 2.21. The highest BCUT2D eigenvalue weighted by atomic mass is 16.6. The molecule has 1 heterocycles. The van der Waals surface area contributed by atoms with E-state index < -0.39 is 12.6 Å². The van der Waals surface area contributed by atoms with Crippen LogP contribution in [0.5, 0.6) is 17.2 Å². The van der Waals surface area contributed by atoms with Crippen molar-refractivity contribution in [2.75, 3.05) is 27.4 Å². The standard InChI is InChI=1S/C23H24O7/c1-6-28-19(24)12-29-23-21(25)20-14(3)9-13(2)10-18(20)30-22(23)15-7-8-16(26-4)17(11-15)27-5/h7-11H,6,12H2,1-5H3. The molecule has 7 nitrogen and oxygen atoms in total. The quantitative estimate of drug-likeness (QED) is 0.542. The van der Waals surface area contributed by atoms with Gasteiger partial charge >= 0.3 is 5.97 Å². The maximum atomic E-state index is 13.3. The van der Waals surface area contributed by atoms with E-state index in [9.17, 15) is 9.59 Å². The second kappa shape index (κ2) is 8.90. The summed E-state index contributed by atoms with van der Waals surface area (Å²) in [5, 5.41) is 0.406. The first-order chi connectivity index (χ1) is 14.4. The van der Waals surface area contributed by atoms with Crippen LogP contribution in [-0.4, -0.2) is 33.4 Å². The van der Waals surface area contributed by atoms with Gasteiger partial charge in [0.15, 0.2) is 23.9 Å². The van der Waals surface area contributed by atoms with E-state index in [-0.39, 0.29) is 23.5 Å². The second-order valence-corrected chi connectivity index (χ2v) is 6.71. The van der Waals surface area contributed by atoms with Gasteiger partial charge in [0.1, 0.15) is 5.58 Å². The van der Waals surface area contributed by atoms with Crippen LogP contribution in [0.15, 0.2) is 39.5 Å². The van der Waals surface area contributed by atoms with E-state index in [1.807, 2.05) is 19.9 Å². The summed E-state index contributed by atoms with van der Waals surface area (Å²) in [6, 6.07) is 8.80. The normalized spacial score (nSPS) is 10.7. The molecule has 0 radical (unpaired) electrons. The predicted molar refractivity (Wildman–Crippen MR) is 113 cm³/mol. The molecule has 0 amide bonds. The minimum Gasteiger partial charge on any atom is -0.493 e. The Morgan fingerprint density at radius 1 is 1.03 bits per heavy atom. The second-order valence-electron chi connectivity index (χ2n) is 6.71. The Labute approximate surface area is 174 Å². The Morgan fingerprint density at radius 3 is 2.43 bits per heavy atom. The number of carbonyl (C=O) groups is 1. The molecule has 0 unspecified atom stereocenters. The smallest absolute Gasteiger partial charge is 0.344 e. The number of benzene rings is 2. The first-order valence-corrected chi connectivity index (χ1v) is 9.48. The van der Waals surface area contributed by atoms with E-state index in [1.54, 1.807) is 31.2 Å². The number of carbonyl (C=O) groups excluding carboxylic acids is 1. The highest BCUT2D eigenvalue weighted by molar-refractivity contribution is 5.86. The molecule has 158 valence electrons. The lowest BCUT2D eigenvalue weighted by molar-refractivity contribution is -0.145. The first-order valence-electron chi connectivity index (χ1n) is 9.48. The van der Waals surface area contributed by atoms with Gasteiger partial charge in [-0.05, 0) is 56.2 Å². The number of esters is 1. The van der Waals surface area contributed by atoms with Crippen molar-refractivity contribution in [1.29, 1.82) is 0 Å². The molecular formula is C23H24O7. The van der Waals surface area contributed by atoms with E-state index >= 15 is 0 Å². The van der Waals surface area contributed by atoms with E-state index in [2.05, 4.69) is 0 Å². The Morgan fingerprint density at radius 2 is 1.77 bits per heavy atom. The van der Waals surface area contributed by atoms with Gasteiger partial charge < -0.3 is 23.4 Å². The van der Waals surface area contributed by atoms with Gasteiger partial charge in [0.25, 0.3) is 0 Å². The van der Waals surface area contributed by atoms with Gasteiger partial charge in [0.2, 0.25) is 11.2 Å². The number of rotatable bonds is 7. The summed E-state index contributed by atoms with van der Waals surface area (Å²) in [5.74, 6) is 0.563. The monoisotopic (exact) mass is 412 g/mol. The maximum Gasteiger partial charge on any atom is 0.344 e. The fourth-order valence-corrected chi connectivity index (χ4v) is 3.31. The molecule has 0 spiro atoms. The summed E-state index contributed by atoms with van der Waals surface area (Å²) in [7, 11) is 3.05. The Bertz CT molecular complexity index is 1140. The summed E-state index contributed by atoms with van der Waals surface area (Å²) >= 11 is 0. The van der Waals surface area contributed by atoms with Gasteiger partial charge in [-0.15, -0.1) is 0 Å². The van der Waals surface area contributed by atoms with Crippen LogP contribution in [0.25, 0.3) is 22.3 Å². The molecule has 0 saturated carbocycles. The van der Waals surface area contributed by atoms with Crippen LogP contribution in [0.3, 0.4) is 0 Å². The van der Waals surface area contributed by atoms with Gasteiger partial charge in [-0.25, -0.2) is 4.79 Å². The molecule has 3 rings (SSSR count). The van der Waals surface area contributed by atoms with Crippen LogP contribution in [0.1, 0.15) is 18.1 Å². The lowest BCUT2D eigenvalue weighted by Crippen LogP contribution is -2.19. The van der Waals surface area contributed by atoms with Crippen molar-refractivity contribution in [1.82, 2.24) is 0 Å². The van der Waals surface area contributed by atoms with Crippen LogP contribution in [0.4, 0.5) is 0 Å². The van der Waals surface area contributed by atoms with Crippen molar-refractivity contribution < 1.29 is 28.2 Å². The molecule has 7 heteroatoms. The molecule has 0 fully saturated rings. The van der Waals surface area contributed by atoms with Crippen molar-refractivity contribution in [3.05, 3.63) is 51.7 Å². The Hall–Kier alpha value is -3.48. The molecule has 0 aliphatic rings. The number of ether oxygens (including phenoxy) is 4. The molecule has 0 aliphatic heterocycles. The largest absolute Gasteiger partial charge is 0.493 e. The molecule has 0 atom stereocenters. The Balaban J connectivity index is 2.24. The molecule has 2 aromatic carbocycles. The van der Waals surface area contributed by atoms with Gasteiger partial charge in [-0.2, -0.15) is 0 Å². The van der Waals surface area contributed by atoms with Crippen molar-refractivity contribution in [3.63, 3.8) is 0 Å². The summed E-state index contributed by atoms with van der Waals surface area (Å²) in [5.41, 5.74) is 2.35. The SMILES string of the molecule is CCOC(=O)COc1c(-c2ccc(OC)c(OC)c2)oc2cc(C)cc(C)c2c1=O. The lowest BCUT2D eigenvalue weighted by Gasteiger charge is -2.14. The fourth-order valence-electron chi connectivity index (χ4n) is 3.31. The third-order valence-electron chi connectivity index (χ3n) is 4.58. The van der Waals surface area contributed by atoms with Crippen LogP contribution < -0.4 is 19.6 Å². The predicted octanol–water partition coefficient (Wildman–Crippen LogP) is 4.04. The van der Waals surface area contributed by atoms with Crippen molar-refractivity contribution in [2.24, 2.45) is 0 Å². The topological polar surface area (TPSA) is 84.2 Å². The van der Waals surface area contributed by atoms with Gasteiger partial charge in [0, 0.05) is 5.56 Å².